The highest BCUT2D eigenvalue weighted by atomic mass is 19.1. The molecule has 1 aromatic heterocycles. The maximum Gasteiger partial charge on any atom is 0.146 e. The molecule has 1 saturated heterocycles. The Hall–Kier alpha value is -2.90. The first-order chi connectivity index (χ1) is 16.4. The molecular weight excluding hydrogens is 431 g/mol. The highest BCUT2D eigenvalue weighted by molar-refractivity contribution is 5.49. The van der Waals surface area contributed by atoms with Crippen molar-refractivity contribution < 1.29 is 14.2 Å². The number of anilines is 1. The fourth-order valence-electron chi connectivity index (χ4n) is 5.10. The SMILES string of the molecule is CCn1cc(CN2CCOc3ccc(C4(O)CCN(c5ccccc5F)CC4)cc3C2)c(C)n1. The molecule has 7 heteroatoms. The third kappa shape index (κ3) is 4.55. The second kappa shape index (κ2) is 9.39. The molecule has 0 spiro atoms. The van der Waals surface area contributed by atoms with Crippen molar-refractivity contribution in [1.29, 1.82) is 0 Å². The lowest BCUT2D eigenvalue weighted by Gasteiger charge is -2.40. The Morgan fingerprint density at radius 1 is 1.12 bits per heavy atom. The van der Waals surface area contributed by atoms with Gasteiger partial charge >= 0.3 is 0 Å². The third-order valence-electron chi connectivity index (χ3n) is 7.21. The average molecular weight is 465 g/mol. The van der Waals surface area contributed by atoms with E-state index in [4.69, 9.17) is 4.74 Å². The molecule has 5 rings (SSSR count). The fourth-order valence-corrected chi connectivity index (χ4v) is 5.10. The van der Waals surface area contributed by atoms with Crippen LogP contribution in [-0.2, 0) is 25.2 Å². The lowest BCUT2D eigenvalue weighted by atomic mass is 9.83. The van der Waals surface area contributed by atoms with E-state index in [2.05, 4.69) is 36.1 Å². The van der Waals surface area contributed by atoms with E-state index in [0.717, 1.165) is 48.7 Å². The number of nitrogens with zero attached hydrogens (tertiary/aromatic N) is 4. The van der Waals surface area contributed by atoms with Crippen LogP contribution in [0.1, 0.15) is 42.1 Å². The zero-order valence-electron chi connectivity index (χ0n) is 20.0. The smallest absolute Gasteiger partial charge is 0.146 e. The van der Waals surface area contributed by atoms with Crippen molar-refractivity contribution in [3.05, 3.63) is 76.9 Å². The molecule has 0 atom stereocenters. The van der Waals surface area contributed by atoms with Gasteiger partial charge in [-0.15, -0.1) is 0 Å². The molecule has 0 radical (unpaired) electrons. The van der Waals surface area contributed by atoms with E-state index in [-0.39, 0.29) is 5.82 Å². The molecule has 1 N–H and O–H groups in total. The number of aryl methyl sites for hydroxylation is 2. The Kier molecular flexibility index (Phi) is 6.32. The van der Waals surface area contributed by atoms with Gasteiger partial charge in [0.25, 0.3) is 0 Å². The first-order valence-corrected chi connectivity index (χ1v) is 12.2. The molecule has 0 aliphatic carbocycles. The van der Waals surface area contributed by atoms with E-state index in [1.54, 1.807) is 12.1 Å². The number of para-hydroxylation sites is 1. The molecule has 6 nitrogen and oxygen atoms in total. The number of hydrogen-bond donors (Lipinski definition) is 1. The summed E-state index contributed by atoms with van der Waals surface area (Å²) in [6.45, 7) is 9.29. The van der Waals surface area contributed by atoms with Crippen molar-refractivity contribution in [2.45, 2.75) is 51.9 Å². The molecule has 2 aromatic carbocycles. The molecule has 180 valence electrons. The van der Waals surface area contributed by atoms with Crippen molar-refractivity contribution in [2.75, 3.05) is 31.1 Å². The summed E-state index contributed by atoms with van der Waals surface area (Å²) in [6.07, 6.45) is 3.24. The quantitative estimate of drug-likeness (QED) is 0.612. The second-order valence-corrected chi connectivity index (χ2v) is 9.45. The van der Waals surface area contributed by atoms with Crippen molar-refractivity contribution in [2.24, 2.45) is 0 Å². The molecule has 2 aliphatic heterocycles. The minimum absolute atomic E-state index is 0.213. The lowest BCUT2D eigenvalue weighted by molar-refractivity contribution is 0.0115. The highest BCUT2D eigenvalue weighted by Crippen LogP contribution is 2.37. The molecular formula is C27H33FN4O2. The molecule has 2 aliphatic rings. The van der Waals surface area contributed by atoms with Crippen LogP contribution in [0.4, 0.5) is 10.1 Å². The Morgan fingerprint density at radius 2 is 1.91 bits per heavy atom. The molecule has 34 heavy (non-hydrogen) atoms. The summed E-state index contributed by atoms with van der Waals surface area (Å²) >= 11 is 0. The maximum atomic E-state index is 14.2. The Bertz CT molecular complexity index is 1150. The second-order valence-electron chi connectivity index (χ2n) is 9.45. The summed E-state index contributed by atoms with van der Waals surface area (Å²) in [7, 11) is 0. The average Bonchev–Trinajstić information content (AvgIpc) is 3.07. The van der Waals surface area contributed by atoms with Crippen molar-refractivity contribution in [1.82, 2.24) is 14.7 Å². The van der Waals surface area contributed by atoms with E-state index in [9.17, 15) is 9.50 Å². The summed E-state index contributed by atoms with van der Waals surface area (Å²) in [4.78, 5) is 4.40. The van der Waals surface area contributed by atoms with Crippen LogP contribution in [0.15, 0.2) is 48.7 Å². The first-order valence-electron chi connectivity index (χ1n) is 12.2. The minimum atomic E-state index is -0.924. The Labute approximate surface area is 200 Å². The number of aromatic nitrogens is 2. The molecule has 1 fully saturated rings. The number of fused-ring (bicyclic) bond motifs is 1. The molecule has 0 saturated carbocycles. The standard InChI is InChI=1S/C27H33FN4O2/c1-3-32-19-22(20(2)29-32)18-30-14-15-34-26-9-8-23(16-21(26)17-30)27(33)10-12-31(13-11-27)25-7-5-4-6-24(25)28/h4-9,16,19,33H,3,10-15,17-18H2,1-2H3. The predicted molar refractivity (Wildman–Crippen MR) is 130 cm³/mol. The number of aliphatic hydroxyl groups is 1. The molecule has 0 bridgehead atoms. The van der Waals surface area contributed by atoms with Gasteiger partial charge in [-0.25, -0.2) is 4.39 Å². The minimum Gasteiger partial charge on any atom is -0.492 e. The Balaban J connectivity index is 1.31. The van der Waals surface area contributed by atoms with Gasteiger partial charge in [-0.1, -0.05) is 18.2 Å². The van der Waals surface area contributed by atoms with Crippen molar-refractivity contribution >= 4 is 5.69 Å². The van der Waals surface area contributed by atoms with Gasteiger partial charge in [-0.2, -0.15) is 5.10 Å². The third-order valence-corrected chi connectivity index (χ3v) is 7.21. The molecule has 0 amide bonds. The van der Waals surface area contributed by atoms with Gasteiger partial charge < -0.3 is 14.7 Å². The molecule has 0 unspecified atom stereocenters. The van der Waals surface area contributed by atoms with E-state index >= 15 is 0 Å². The van der Waals surface area contributed by atoms with Crippen LogP contribution in [0, 0.1) is 12.7 Å². The van der Waals surface area contributed by atoms with E-state index in [1.165, 1.54) is 11.6 Å². The largest absolute Gasteiger partial charge is 0.492 e. The van der Waals surface area contributed by atoms with E-state index in [1.807, 2.05) is 27.8 Å². The summed E-state index contributed by atoms with van der Waals surface area (Å²) < 4.78 is 22.3. The predicted octanol–water partition coefficient (Wildman–Crippen LogP) is 4.23. The van der Waals surface area contributed by atoms with Crippen LogP contribution in [0.2, 0.25) is 0 Å². The van der Waals surface area contributed by atoms with Gasteiger partial charge in [0.2, 0.25) is 0 Å². The summed E-state index contributed by atoms with van der Waals surface area (Å²) in [6, 6.07) is 12.9. The zero-order chi connectivity index (χ0) is 23.7. The number of piperidine rings is 1. The maximum absolute atomic E-state index is 14.2. The topological polar surface area (TPSA) is 53.8 Å². The van der Waals surface area contributed by atoms with E-state index in [0.29, 0.717) is 38.2 Å². The zero-order valence-corrected chi connectivity index (χ0v) is 20.0. The number of halogens is 1. The highest BCUT2D eigenvalue weighted by Gasteiger charge is 2.35. The fraction of sp³-hybridized carbons (Fsp3) is 0.444. The molecule has 3 heterocycles. The Morgan fingerprint density at radius 3 is 2.65 bits per heavy atom. The summed E-state index contributed by atoms with van der Waals surface area (Å²) in [5.74, 6) is 0.676. The van der Waals surface area contributed by atoms with Crippen LogP contribution in [0.3, 0.4) is 0 Å². The lowest BCUT2D eigenvalue weighted by Crippen LogP contribution is -2.43. The number of hydrogen-bond acceptors (Lipinski definition) is 5. The van der Waals surface area contributed by atoms with Gasteiger partial charge in [0.15, 0.2) is 0 Å². The summed E-state index contributed by atoms with van der Waals surface area (Å²) in [5, 5.41) is 16.1. The van der Waals surface area contributed by atoms with Gasteiger partial charge in [-0.3, -0.25) is 9.58 Å². The van der Waals surface area contributed by atoms with Crippen LogP contribution >= 0.6 is 0 Å². The van der Waals surface area contributed by atoms with Gasteiger partial charge in [0, 0.05) is 56.6 Å². The van der Waals surface area contributed by atoms with Crippen LogP contribution in [-0.4, -0.2) is 46.0 Å². The van der Waals surface area contributed by atoms with Crippen LogP contribution in [0.5, 0.6) is 5.75 Å². The van der Waals surface area contributed by atoms with Crippen molar-refractivity contribution in [3.8, 4) is 5.75 Å². The number of ether oxygens (including phenoxy) is 1. The summed E-state index contributed by atoms with van der Waals surface area (Å²) in [5.41, 5.74) is 4.00. The first kappa shape index (κ1) is 22.9. The van der Waals surface area contributed by atoms with E-state index < -0.39 is 5.60 Å². The van der Waals surface area contributed by atoms with Crippen LogP contribution < -0.4 is 9.64 Å². The molecule has 3 aromatic rings. The number of benzene rings is 2. The monoisotopic (exact) mass is 464 g/mol. The van der Waals surface area contributed by atoms with Gasteiger partial charge in [-0.05, 0) is 56.5 Å². The number of rotatable bonds is 5. The van der Waals surface area contributed by atoms with Crippen LogP contribution in [0.25, 0.3) is 0 Å². The van der Waals surface area contributed by atoms with Gasteiger partial charge in [0.1, 0.15) is 18.2 Å². The van der Waals surface area contributed by atoms with Gasteiger partial charge in [0.05, 0.1) is 17.0 Å². The normalized spacial score (nSPS) is 18.3. The van der Waals surface area contributed by atoms with Crippen molar-refractivity contribution in [3.63, 3.8) is 0 Å².